The molecule has 1 amide bonds. The third-order valence-corrected chi connectivity index (χ3v) is 3.47. The molecule has 1 heterocycles. The van der Waals surface area contributed by atoms with Crippen molar-refractivity contribution in [3.05, 3.63) is 53.5 Å². The third-order valence-electron chi connectivity index (χ3n) is 3.47. The lowest BCUT2D eigenvalue weighted by Gasteiger charge is -2.19. The minimum Gasteiger partial charge on any atom is -0.481 e. The number of amides is 1. The van der Waals surface area contributed by atoms with Gasteiger partial charge >= 0.3 is 5.97 Å². The molecule has 5 heteroatoms. The Hall–Kier alpha value is -2.56. The van der Waals surface area contributed by atoms with Crippen LogP contribution < -0.4 is 5.32 Å². The SMILES string of the molecule is Cc1ccoc1C(=O)Nc1ccc(C(C)(C)C(=O)O)cc1. The smallest absolute Gasteiger partial charge is 0.313 e. The van der Waals surface area contributed by atoms with Crippen LogP contribution in [0.25, 0.3) is 0 Å². The summed E-state index contributed by atoms with van der Waals surface area (Å²) in [6, 6.07) is 8.46. The van der Waals surface area contributed by atoms with Crippen molar-refractivity contribution < 1.29 is 19.1 Å². The van der Waals surface area contributed by atoms with Crippen molar-refractivity contribution in [1.29, 1.82) is 0 Å². The summed E-state index contributed by atoms with van der Waals surface area (Å²) in [6.07, 6.45) is 1.46. The van der Waals surface area contributed by atoms with E-state index in [1.165, 1.54) is 6.26 Å². The lowest BCUT2D eigenvalue weighted by molar-refractivity contribution is -0.142. The molecular weight excluding hydrogens is 270 g/mol. The molecule has 0 saturated carbocycles. The number of aryl methyl sites for hydroxylation is 1. The maximum atomic E-state index is 12.0. The molecule has 2 N–H and O–H groups in total. The molecule has 110 valence electrons. The molecular formula is C16H17NO4. The Labute approximate surface area is 122 Å². The predicted molar refractivity (Wildman–Crippen MR) is 78.5 cm³/mol. The number of carboxylic acids is 1. The van der Waals surface area contributed by atoms with Crippen molar-refractivity contribution in [3.63, 3.8) is 0 Å². The molecule has 0 aliphatic heterocycles. The summed E-state index contributed by atoms with van der Waals surface area (Å²) in [6.45, 7) is 5.06. The zero-order valence-electron chi connectivity index (χ0n) is 12.1. The van der Waals surface area contributed by atoms with Crippen molar-refractivity contribution in [2.45, 2.75) is 26.2 Å². The molecule has 2 aromatic rings. The minimum atomic E-state index is -0.972. The van der Waals surface area contributed by atoms with E-state index in [4.69, 9.17) is 4.42 Å². The van der Waals surface area contributed by atoms with Crippen molar-refractivity contribution in [1.82, 2.24) is 0 Å². The van der Waals surface area contributed by atoms with Crippen LogP contribution in [-0.4, -0.2) is 17.0 Å². The van der Waals surface area contributed by atoms with Crippen LogP contribution >= 0.6 is 0 Å². The normalized spacial score (nSPS) is 11.2. The molecule has 0 unspecified atom stereocenters. The largest absolute Gasteiger partial charge is 0.481 e. The van der Waals surface area contributed by atoms with E-state index in [1.54, 1.807) is 51.1 Å². The molecule has 1 aromatic heterocycles. The standard InChI is InChI=1S/C16H17NO4/c1-10-8-9-21-13(10)14(18)17-12-6-4-11(5-7-12)16(2,3)15(19)20/h4-9H,1-3H3,(H,17,18)(H,19,20). The van der Waals surface area contributed by atoms with Crippen LogP contribution in [0.15, 0.2) is 41.0 Å². The summed E-state index contributed by atoms with van der Waals surface area (Å²) in [5.41, 5.74) is 1.04. The number of hydrogen-bond donors (Lipinski definition) is 2. The summed E-state index contributed by atoms with van der Waals surface area (Å²) >= 11 is 0. The van der Waals surface area contributed by atoms with Gasteiger partial charge in [0.1, 0.15) is 0 Å². The highest BCUT2D eigenvalue weighted by Crippen LogP contribution is 2.25. The van der Waals surface area contributed by atoms with Gasteiger partial charge in [-0.05, 0) is 44.5 Å². The fourth-order valence-corrected chi connectivity index (χ4v) is 1.89. The molecule has 21 heavy (non-hydrogen) atoms. The van der Waals surface area contributed by atoms with E-state index in [-0.39, 0.29) is 11.7 Å². The van der Waals surface area contributed by atoms with Gasteiger partial charge in [-0.25, -0.2) is 0 Å². The molecule has 0 aliphatic rings. The number of nitrogens with one attached hydrogen (secondary N) is 1. The van der Waals surface area contributed by atoms with Crippen molar-refractivity contribution in [2.75, 3.05) is 5.32 Å². The molecule has 0 radical (unpaired) electrons. The minimum absolute atomic E-state index is 0.268. The Bertz CT molecular complexity index is 668. The second-order valence-electron chi connectivity index (χ2n) is 5.39. The highest BCUT2D eigenvalue weighted by molar-refractivity contribution is 6.03. The van der Waals surface area contributed by atoms with Crippen molar-refractivity contribution >= 4 is 17.6 Å². The first kappa shape index (κ1) is 14.8. The molecule has 0 atom stereocenters. The number of rotatable bonds is 4. The first-order valence-corrected chi connectivity index (χ1v) is 6.52. The van der Waals surface area contributed by atoms with Gasteiger partial charge in [0.25, 0.3) is 5.91 Å². The van der Waals surface area contributed by atoms with Gasteiger partial charge in [-0.15, -0.1) is 0 Å². The van der Waals surface area contributed by atoms with Gasteiger partial charge in [0.2, 0.25) is 0 Å². The average molecular weight is 287 g/mol. The Morgan fingerprint density at radius 2 is 1.76 bits per heavy atom. The van der Waals surface area contributed by atoms with Crippen LogP contribution in [-0.2, 0) is 10.2 Å². The average Bonchev–Trinajstić information content (AvgIpc) is 2.85. The van der Waals surface area contributed by atoms with Crippen LogP contribution in [0, 0.1) is 6.92 Å². The monoisotopic (exact) mass is 287 g/mol. The lowest BCUT2D eigenvalue weighted by atomic mass is 9.85. The van der Waals surface area contributed by atoms with E-state index >= 15 is 0 Å². The number of aliphatic carboxylic acids is 1. The lowest BCUT2D eigenvalue weighted by Crippen LogP contribution is -2.28. The van der Waals surface area contributed by atoms with Crippen LogP contribution in [0.1, 0.15) is 35.5 Å². The fraction of sp³-hybridized carbons (Fsp3) is 0.250. The molecule has 0 aliphatic carbocycles. The Morgan fingerprint density at radius 3 is 2.24 bits per heavy atom. The number of furan rings is 1. The van der Waals surface area contributed by atoms with Gasteiger partial charge in [0.15, 0.2) is 5.76 Å². The van der Waals surface area contributed by atoms with E-state index in [2.05, 4.69) is 5.32 Å². The van der Waals surface area contributed by atoms with Crippen LogP contribution in [0.2, 0.25) is 0 Å². The Balaban J connectivity index is 2.15. The van der Waals surface area contributed by atoms with Gasteiger partial charge in [0, 0.05) is 11.3 Å². The molecule has 0 spiro atoms. The number of benzene rings is 1. The maximum absolute atomic E-state index is 12.0. The van der Waals surface area contributed by atoms with Crippen LogP contribution in [0.3, 0.4) is 0 Å². The van der Waals surface area contributed by atoms with E-state index in [1.807, 2.05) is 0 Å². The highest BCUT2D eigenvalue weighted by Gasteiger charge is 2.29. The molecule has 0 saturated heterocycles. The van der Waals surface area contributed by atoms with Gasteiger partial charge in [-0.3, -0.25) is 9.59 Å². The highest BCUT2D eigenvalue weighted by atomic mass is 16.4. The van der Waals surface area contributed by atoms with Gasteiger partial charge in [-0.2, -0.15) is 0 Å². The summed E-state index contributed by atoms with van der Waals surface area (Å²) in [7, 11) is 0. The Kier molecular flexibility index (Phi) is 3.84. The second kappa shape index (κ2) is 5.44. The maximum Gasteiger partial charge on any atom is 0.313 e. The topological polar surface area (TPSA) is 79.5 Å². The predicted octanol–water partition coefficient (Wildman–Crippen LogP) is 3.20. The number of carbonyl (C=O) groups excluding carboxylic acids is 1. The summed E-state index contributed by atoms with van der Waals surface area (Å²) in [5.74, 6) is -0.960. The first-order valence-electron chi connectivity index (χ1n) is 6.52. The van der Waals surface area contributed by atoms with E-state index < -0.39 is 11.4 Å². The van der Waals surface area contributed by atoms with Crippen LogP contribution in [0.4, 0.5) is 5.69 Å². The summed E-state index contributed by atoms with van der Waals surface area (Å²) < 4.78 is 5.12. The number of hydrogen-bond acceptors (Lipinski definition) is 3. The van der Waals surface area contributed by atoms with E-state index in [0.29, 0.717) is 11.3 Å². The number of anilines is 1. The number of carboxylic acid groups (broad SMARTS) is 1. The fourth-order valence-electron chi connectivity index (χ4n) is 1.89. The molecule has 0 bridgehead atoms. The van der Waals surface area contributed by atoms with E-state index in [0.717, 1.165) is 5.56 Å². The molecule has 5 nitrogen and oxygen atoms in total. The molecule has 0 fully saturated rings. The quantitative estimate of drug-likeness (QED) is 0.905. The van der Waals surface area contributed by atoms with Gasteiger partial charge in [-0.1, -0.05) is 12.1 Å². The Morgan fingerprint density at radius 1 is 1.14 bits per heavy atom. The van der Waals surface area contributed by atoms with Crippen LogP contribution in [0.5, 0.6) is 0 Å². The van der Waals surface area contributed by atoms with Crippen molar-refractivity contribution in [3.8, 4) is 0 Å². The molecule has 1 aromatic carbocycles. The second-order valence-corrected chi connectivity index (χ2v) is 5.39. The first-order chi connectivity index (χ1) is 9.82. The molecule has 2 rings (SSSR count). The zero-order chi connectivity index (χ0) is 15.6. The van der Waals surface area contributed by atoms with Gasteiger partial charge in [0.05, 0.1) is 11.7 Å². The third kappa shape index (κ3) is 2.97. The van der Waals surface area contributed by atoms with Gasteiger partial charge < -0.3 is 14.8 Å². The zero-order valence-corrected chi connectivity index (χ0v) is 12.1. The number of carbonyl (C=O) groups is 2. The van der Waals surface area contributed by atoms with E-state index in [9.17, 15) is 14.7 Å². The summed E-state index contributed by atoms with van der Waals surface area (Å²) in [4.78, 5) is 23.2. The summed E-state index contributed by atoms with van der Waals surface area (Å²) in [5, 5.41) is 11.9. The van der Waals surface area contributed by atoms with Crippen molar-refractivity contribution in [2.24, 2.45) is 0 Å².